The van der Waals surface area contributed by atoms with E-state index in [1.165, 1.54) is 6.07 Å². The summed E-state index contributed by atoms with van der Waals surface area (Å²) in [4.78, 5) is -0.492. The van der Waals surface area contributed by atoms with Gasteiger partial charge in [-0.05, 0) is 44.0 Å². The number of rotatable bonds is 1. The van der Waals surface area contributed by atoms with Gasteiger partial charge in [0, 0.05) is 4.47 Å². The second kappa shape index (κ2) is 5.38. The van der Waals surface area contributed by atoms with E-state index in [-0.39, 0.29) is 38.5 Å². The Bertz CT molecular complexity index is 449. The van der Waals surface area contributed by atoms with E-state index in [1.807, 2.05) is 0 Å². The van der Waals surface area contributed by atoms with Crippen LogP contribution in [0.1, 0.15) is 0 Å². The Hall–Kier alpha value is 1.02. The molecule has 0 radical (unpaired) electrons. The molecule has 1 aromatic rings. The number of hydrogen-bond donors (Lipinski definition) is 1. The van der Waals surface area contributed by atoms with Crippen LogP contribution in [0.5, 0.6) is 0 Å². The molecule has 0 unspecified atom stereocenters. The van der Waals surface area contributed by atoms with E-state index in [4.69, 9.17) is 4.55 Å². The summed E-state index contributed by atoms with van der Waals surface area (Å²) >= 11 is 5.75. The first-order valence-electron chi connectivity index (χ1n) is 2.94. The molecule has 0 aromatic heterocycles. The van der Waals surface area contributed by atoms with Crippen molar-refractivity contribution in [3.05, 3.63) is 26.9 Å². The molecular formula is C6H4Br2FNaO3S. The predicted molar refractivity (Wildman–Crippen MR) is 58.8 cm³/mol. The standard InChI is InChI=1S/C6H3Br2FO3S.Na.H/c7-3-1-4(8)6(2-5(3)9)13(10,11)12;;/h1-2H,(H,10,11,12);;. The van der Waals surface area contributed by atoms with E-state index in [1.54, 1.807) is 0 Å². The molecule has 1 N–H and O–H groups in total. The molecule has 0 amide bonds. The van der Waals surface area contributed by atoms with Crippen LogP contribution in [0, 0.1) is 5.82 Å². The first-order chi connectivity index (χ1) is 5.82. The van der Waals surface area contributed by atoms with Crippen molar-refractivity contribution in [2.45, 2.75) is 4.90 Å². The van der Waals surface area contributed by atoms with Crippen molar-refractivity contribution in [1.82, 2.24) is 0 Å². The summed E-state index contributed by atoms with van der Waals surface area (Å²) < 4.78 is 43.0. The minimum atomic E-state index is -4.38. The summed E-state index contributed by atoms with van der Waals surface area (Å²) in [5.41, 5.74) is 0. The van der Waals surface area contributed by atoms with Gasteiger partial charge >= 0.3 is 29.6 Å². The Kier molecular flexibility index (Phi) is 5.77. The summed E-state index contributed by atoms with van der Waals surface area (Å²) in [6.07, 6.45) is 0. The van der Waals surface area contributed by atoms with Gasteiger partial charge in [-0.3, -0.25) is 4.55 Å². The molecule has 1 rings (SSSR count). The summed E-state index contributed by atoms with van der Waals surface area (Å²) in [6.45, 7) is 0. The molecule has 3 nitrogen and oxygen atoms in total. The van der Waals surface area contributed by atoms with Gasteiger partial charge in [0.25, 0.3) is 10.1 Å². The van der Waals surface area contributed by atoms with Gasteiger partial charge in [-0.2, -0.15) is 8.42 Å². The third-order valence-corrected chi connectivity index (χ3v) is 3.67. The van der Waals surface area contributed by atoms with E-state index in [0.717, 1.165) is 6.07 Å². The minimum absolute atomic E-state index is 0. The third kappa shape index (κ3) is 3.55. The normalized spacial score (nSPS) is 10.9. The molecule has 0 bridgehead atoms. The second-order valence-electron chi connectivity index (χ2n) is 2.17. The van der Waals surface area contributed by atoms with Crippen LogP contribution >= 0.6 is 31.9 Å². The fourth-order valence-corrected chi connectivity index (χ4v) is 2.87. The zero-order chi connectivity index (χ0) is 10.2. The van der Waals surface area contributed by atoms with E-state index in [0.29, 0.717) is 0 Å². The Morgan fingerprint density at radius 2 is 1.71 bits per heavy atom. The maximum atomic E-state index is 12.8. The van der Waals surface area contributed by atoms with E-state index in [9.17, 15) is 12.8 Å². The molecule has 0 fully saturated rings. The van der Waals surface area contributed by atoms with E-state index < -0.39 is 20.8 Å². The molecule has 0 saturated carbocycles. The Morgan fingerprint density at radius 3 is 2.14 bits per heavy atom. The fraction of sp³-hybridized carbons (Fsp3) is 0. The van der Waals surface area contributed by atoms with Gasteiger partial charge in [0.05, 0.1) is 4.47 Å². The van der Waals surface area contributed by atoms with Gasteiger partial charge in [0.15, 0.2) is 0 Å². The Morgan fingerprint density at radius 1 is 1.21 bits per heavy atom. The third-order valence-electron chi connectivity index (χ3n) is 1.25. The van der Waals surface area contributed by atoms with Crippen LogP contribution in [0.25, 0.3) is 0 Å². The van der Waals surface area contributed by atoms with Gasteiger partial charge in [-0.15, -0.1) is 0 Å². The summed E-state index contributed by atoms with van der Waals surface area (Å²) in [5, 5.41) is 0. The second-order valence-corrected chi connectivity index (χ2v) is 5.27. The average Bonchev–Trinajstić information content (AvgIpc) is 1.94. The number of benzene rings is 1. The molecule has 74 valence electrons. The Balaban J connectivity index is 0.00000169. The molecule has 8 heteroatoms. The zero-order valence-electron chi connectivity index (χ0n) is 5.96. The predicted octanol–water partition coefficient (Wildman–Crippen LogP) is 1.95. The topological polar surface area (TPSA) is 54.4 Å². The maximum absolute atomic E-state index is 12.8. The van der Waals surface area contributed by atoms with Crippen LogP contribution in [-0.2, 0) is 10.1 Å². The molecule has 1 aromatic carbocycles. The van der Waals surface area contributed by atoms with Gasteiger partial charge < -0.3 is 0 Å². The molecule has 0 saturated heterocycles. The van der Waals surface area contributed by atoms with Crippen LogP contribution in [0.2, 0.25) is 0 Å². The van der Waals surface area contributed by atoms with Crippen LogP contribution in [-0.4, -0.2) is 42.5 Å². The summed E-state index contributed by atoms with van der Waals surface area (Å²) in [6, 6.07) is 1.93. The molecule has 0 aliphatic heterocycles. The van der Waals surface area contributed by atoms with Gasteiger partial charge in [0.2, 0.25) is 0 Å². The number of halogens is 3. The van der Waals surface area contributed by atoms with Crippen molar-refractivity contribution < 1.29 is 17.4 Å². The van der Waals surface area contributed by atoms with E-state index >= 15 is 0 Å². The zero-order valence-corrected chi connectivity index (χ0v) is 9.95. The molecule has 0 atom stereocenters. The van der Waals surface area contributed by atoms with Gasteiger partial charge in [-0.1, -0.05) is 0 Å². The van der Waals surface area contributed by atoms with Crippen LogP contribution in [0.4, 0.5) is 4.39 Å². The Labute approximate surface area is 119 Å². The van der Waals surface area contributed by atoms with Crippen molar-refractivity contribution in [3.8, 4) is 0 Å². The molecular weight excluding hydrogens is 354 g/mol. The van der Waals surface area contributed by atoms with Crippen LogP contribution in [0.3, 0.4) is 0 Å². The number of hydrogen-bond acceptors (Lipinski definition) is 2. The summed E-state index contributed by atoms with van der Waals surface area (Å²) in [5.74, 6) is -0.754. The van der Waals surface area contributed by atoms with Crippen molar-refractivity contribution in [2.75, 3.05) is 0 Å². The molecule has 0 aliphatic carbocycles. The fourth-order valence-electron chi connectivity index (χ4n) is 0.702. The van der Waals surface area contributed by atoms with Crippen LogP contribution < -0.4 is 0 Å². The van der Waals surface area contributed by atoms with Gasteiger partial charge in [0.1, 0.15) is 10.7 Å². The first kappa shape index (κ1) is 15.0. The molecule has 0 aliphatic rings. The van der Waals surface area contributed by atoms with Crippen molar-refractivity contribution in [2.24, 2.45) is 0 Å². The van der Waals surface area contributed by atoms with E-state index in [2.05, 4.69) is 31.9 Å². The quantitative estimate of drug-likeness (QED) is 0.475. The van der Waals surface area contributed by atoms with Crippen LogP contribution in [0.15, 0.2) is 26.0 Å². The van der Waals surface area contributed by atoms with Crippen molar-refractivity contribution >= 4 is 71.5 Å². The first-order valence-corrected chi connectivity index (χ1v) is 5.97. The van der Waals surface area contributed by atoms with Gasteiger partial charge in [-0.25, -0.2) is 4.39 Å². The molecule has 14 heavy (non-hydrogen) atoms. The summed E-state index contributed by atoms with van der Waals surface area (Å²) in [7, 11) is -4.38. The average molecular weight is 358 g/mol. The SMILES string of the molecule is O=S(=O)(O)c1cc(F)c(Br)cc1Br.[NaH]. The van der Waals surface area contributed by atoms with Crippen molar-refractivity contribution in [3.63, 3.8) is 0 Å². The van der Waals surface area contributed by atoms with Crippen molar-refractivity contribution in [1.29, 1.82) is 0 Å². The molecule has 0 spiro atoms. The monoisotopic (exact) mass is 356 g/mol. The molecule has 0 heterocycles.